The van der Waals surface area contributed by atoms with Crippen LogP contribution in [0.5, 0.6) is 0 Å². The third kappa shape index (κ3) is 3.49. The Kier molecular flexibility index (Phi) is 5.31. The molecule has 0 saturated carbocycles. The first-order chi connectivity index (χ1) is 13.6. The van der Waals surface area contributed by atoms with E-state index in [1.54, 1.807) is 28.8 Å². The van der Waals surface area contributed by atoms with E-state index >= 15 is 0 Å². The number of benzene rings is 3. The van der Waals surface area contributed by atoms with Gasteiger partial charge >= 0.3 is 5.97 Å². The lowest BCUT2D eigenvalue weighted by Gasteiger charge is -2.30. The normalized spacial score (nSPS) is 12.1. The maximum absolute atomic E-state index is 13.0. The molecule has 0 aromatic heterocycles. The predicted molar refractivity (Wildman–Crippen MR) is 111 cm³/mol. The lowest BCUT2D eigenvalue weighted by Crippen LogP contribution is -2.32. The lowest BCUT2D eigenvalue weighted by molar-refractivity contribution is -0.121. The molecule has 28 heavy (non-hydrogen) atoms. The number of esters is 1. The SMILES string of the molecule is O=C(OCC(=O)N1c2ccccc2Sc2ccccc21)c1cccc(Cl)c1Cl. The van der Waals surface area contributed by atoms with Gasteiger partial charge in [-0.3, -0.25) is 9.69 Å². The van der Waals surface area contributed by atoms with Gasteiger partial charge in [0.2, 0.25) is 0 Å². The Bertz CT molecular complexity index is 1040. The minimum absolute atomic E-state index is 0.103. The van der Waals surface area contributed by atoms with E-state index in [1.165, 1.54) is 6.07 Å². The molecule has 3 aromatic carbocycles. The van der Waals surface area contributed by atoms with Gasteiger partial charge in [0, 0.05) is 9.79 Å². The summed E-state index contributed by atoms with van der Waals surface area (Å²) >= 11 is 13.6. The van der Waals surface area contributed by atoms with Crippen molar-refractivity contribution >= 4 is 58.2 Å². The molecule has 0 radical (unpaired) electrons. The minimum atomic E-state index is -0.700. The van der Waals surface area contributed by atoms with Crippen LogP contribution in [0.15, 0.2) is 76.5 Å². The molecular weight excluding hydrogens is 417 g/mol. The molecule has 4 rings (SSSR count). The molecule has 140 valence electrons. The quantitative estimate of drug-likeness (QED) is 0.480. The molecule has 1 aliphatic rings. The van der Waals surface area contributed by atoms with E-state index in [9.17, 15) is 9.59 Å². The molecule has 0 saturated heterocycles. The second-order valence-corrected chi connectivity index (χ2v) is 7.81. The van der Waals surface area contributed by atoms with Gasteiger partial charge in [0.25, 0.3) is 5.91 Å². The zero-order valence-corrected chi connectivity index (χ0v) is 16.7. The van der Waals surface area contributed by atoms with Crippen molar-refractivity contribution in [2.75, 3.05) is 11.5 Å². The van der Waals surface area contributed by atoms with Crippen molar-refractivity contribution in [2.45, 2.75) is 9.79 Å². The Morgan fingerprint density at radius 2 is 1.46 bits per heavy atom. The Labute approximate surface area is 176 Å². The molecule has 0 fully saturated rings. The van der Waals surface area contributed by atoms with Gasteiger partial charge in [0.05, 0.1) is 27.0 Å². The summed E-state index contributed by atoms with van der Waals surface area (Å²) in [6, 6.07) is 19.9. The molecule has 4 nitrogen and oxygen atoms in total. The fourth-order valence-electron chi connectivity index (χ4n) is 2.90. The summed E-state index contributed by atoms with van der Waals surface area (Å²) in [5, 5.41) is 0.352. The number of carbonyl (C=O) groups excluding carboxylic acids is 2. The average molecular weight is 430 g/mol. The molecule has 0 N–H and O–H groups in total. The van der Waals surface area contributed by atoms with Crippen LogP contribution in [0.3, 0.4) is 0 Å². The van der Waals surface area contributed by atoms with Crippen LogP contribution in [0.2, 0.25) is 10.0 Å². The number of ether oxygens (including phenoxy) is 1. The van der Waals surface area contributed by atoms with E-state index < -0.39 is 12.6 Å². The summed E-state index contributed by atoms with van der Waals surface area (Å²) in [6.07, 6.45) is 0. The maximum atomic E-state index is 13.0. The van der Waals surface area contributed by atoms with Crippen LogP contribution in [-0.2, 0) is 9.53 Å². The molecule has 0 spiro atoms. The minimum Gasteiger partial charge on any atom is -0.452 e. The fraction of sp³-hybridized carbons (Fsp3) is 0.0476. The highest BCUT2D eigenvalue weighted by molar-refractivity contribution is 7.99. The molecule has 1 heterocycles. The number of anilines is 2. The van der Waals surface area contributed by atoms with E-state index in [1.807, 2.05) is 48.5 Å². The smallest absolute Gasteiger partial charge is 0.340 e. The van der Waals surface area contributed by atoms with Crippen molar-refractivity contribution in [3.05, 3.63) is 82.3 Å². The highest BCUT2D eigenvalue weighted by atomic mass is 35.5. The molecule has 0 bridgehead atoms. The summed E-state index contributed by atoms with van der Waals surface area (Å²) in [5.74, 6) is -1.06. The van der Waals surface area contributed by atoms with E-state index in [4.69, 9.17) is 27.9 Å². The van der Waals surface area contributed by atoms with E-state index in [0.717, 1.165) is 21.2 Å². The van der Waals surface area contributed by atoms with Gasteiger partial charge in [0.15, 0.2) is 6.61 Å². The second-order valence-electron chi connectivity index (χ2n) is 5.94. The fourth-order valence-corrected chi connectivity index (χ4v) is 4.34. The third-order valence-corrected chi connectivity index (χ3v) is 6.13. The molecule has 1 aliphatic heterocycles. The van der Waals surface area contributed by atoms with Crippen LogP contribution in [0.1, 0.15) is 10.4 Å². The van der Waals surface area contributed by atoms with Gasteiger partial charge in [-0.25, -0.2) is 4.79 Å². The van der Waals surface area contributed by atoms with Crippen LogP contribution < -0.4 is 4.90 Å². The first-order valence-corrected chi connectivity index (χ1v) is 9.93. The lowest BCUT2D eigenvalue weighted by atomic mass is 10.2. The van der Waals surface area contributed by atoms with Crippen molar-refractivity contribution in [2.24, 2.45) is 0 Å². The number of fused-ring (bicyclic) bond motifs is 2. The van der Waals surface area contributed by atoms with Gasteiger partial charge in [-0.1, -0.05) is 65.3 Å². The molecule has 1 amide bonds. The molecule has 0 unspecified atom stereocenters. The zero-order chi connectivity index (χ0) is 19.7. The first kappa shape index (κ1) is 18.9. The topological polar surface area (TPSA) is 46.6 Å². The summed E-state index contributed by atoms with van der Waals surface area (Å²) in [6.45, 7) is -0.422. The van der Waals surface area contributed by atoms with Crippen molar-refractivity contribution in [1.29, 1.82) is 0 Å². The number of hydrogen-bond donors (Lipinski definition) is 0. The first-order valence-electron chi connectivity index (χ1n) is 8.36. The predicted octanol–water partition coefficient (Wildman–Crippen LogP) is 5.98. The van der Waals surface area contributed by atoms with Gasteiger partial charge in [-0.2, -0.15) is 0 Å². The van der Waals surface area contributed by atoms with E-state index in [-0.39, 0.29) is 21.5 Å². The van der Waals surface area contributed by atoms with Crippen molar-refractivity contribution in [1.82, 2.24) is 0 Å². The standard InChI is InChI=1S/C21H13Cl2NO3S/c22-14-7-5-6-13(20(14)23)21(26)27-12-19(25)24-15-8-1-3-10-17(15)28-18-11-4-2-9-16(18)24/h1-11H,12H2. The van der Waals surface area contributed by atoms with Gasteiger partial charge < -0.3 is 4.74 Å². The number of rotatable bonds is 3. The van der Waals surface area contributed by atoms with Crippen LogP contribution in [0.25, 0.3) is 0 Å². The Morgan fingerprint density at radius 1 is 0.857 bits per heavy atom. The Balaban J connectivity index is 1.59. The van der Waals surface area contributed by atoms with Crippen molar-refractivity contribution < 1.29 is 14.3 Å². The van der Waals surface area contributed by atoms with Crippen LogP contribution in [0, 0.1) is 0 Å². The zero-order valence-electron chi connectivity index (χ0n) is 14.4. The summed E-state index contributed by atoms with van der Waals surface area (Å²) in [7, 11) is 0. The molecule has 0 atom stereocenters. The largest absolute Gasteiger partial charge is 0.452 e. The van der Waals surface area contributed by atoms with Crippen LogP contribution >= 0.6 is 35.0 Å². The maximum Gasteiger partial charge on any atom is 0.340 e. The number of nitrogens with zero attached hydrogens (tertiary/aromatic N) is 1. The van der Waals surface area contributed by atoms with Crippen molar-refractivity contribution in [3.63, 3.8) is 0 Å². The molecule has 7 heteroatoms. The average Bonchev–Trinajstić information content (AvgIpc) is 2.72. The summed E-state index contributed by atoms with van der Waals surface area (Å²) < 4.78 is 5.23. The monoisotopic (exact) mass is 429 g/mol. The number of amides is 1. The van der Waals surface area contributed by atoms with Gasteiger partial charge in [-0.05, 0) is 36.4 Å². The van der Waals surface area contributed by atoms with Gasteiger partial charge in [0.1, 0.15) is 0 Å². The van der Waals surface area contributed by atoms with Crippen LogP contribution in [0.4, 0.5) is 11.4 Å². The third-order valence-electron chi connectivity index (χ3n) is 4.18. The van der Waals surface area contributed by atoms with E-state index in [2.05, 4.69) is 0 Å². The second kappa shape index (κ2) is 7.87. The Morgan fingerprint density at radius 3 is 2.11 bits per heavy atom. The van der Waals surface area contributed by atoms with Gasteiger partial charge in [-0.15, -0.1) is 0 Å². The Hall–Kier alpha value is -2.47. The van der Waals surface area contributed by atoms with Crippen LogP contribution in [-0.4, -0.2) is 18.5 Å². The van der Waals surface area contributed by atoms with Crippen molar-refractivity contribution in [3.8, 4) is 0 Å². The number of para-hydroxylation sites is 2. The summed E-state index contributed by atoms with van der Waals surface area (Å²) in [4.78, 5) is 28.8. The molecular formula is C21H13Cl2NO3S. The number of halogens is 2. The van der Waals surface area contributed by atoms with E-state index in [0.29, 0.717) is 0 Å². The highest BCUT2D eigenvalue weighted by Gasteiger charge is 2.28. The summed E-state index contributed by atoms with van der Waals surface area (Å²) in [5.41, 5.74) is 1.64. The number of hydrogen-bond acceptors (Lipinski definition) is 4. The molecule has 0 aliphatic carbocycles. The highest BCUT2D eigenvalue weighted by Crippen LogP contribution is 2.47. The number of carbonyl (C=O) groups is 2. The molecule has 3 aromatic rings.